The molecule has 0 bridgehead atoms. The summed E-state index contributed by atoms with van der Waals surface area (Å²) >= 11 is 0. The van der Waals surface area contributed by atoms with Crippen molar-refractivity contribution < 1.29 is 34.2 Å². The zero-order valence-electron chi connectivity index (χ0n) is 20.4. The molecular formula is C24H33N5O7. The van der Waals surface area contributed by atoms with Crippen molar-refractivity contribution in [1.29, 1.82) is 0 Å². The largest absolute Gasteiger partial charge is 0.481 e. The van der Waals surface area contributed by atoms with Crippen molar-refractivity contribution in [3.05, 3.63) is 36.0 Å². The normalized spacial score (nSPS) is 14.5. The first-order chi connectivity index (χ1) is 16.9. The van der Waals surface area contributed by atoms with Crippen LogP contribution in [0.25, 0.3) is 10.9 Å². The molecule has 12 nitrogen and oxygen atoms in total. The summed E-state index contributed by atoms with van der Waals surface area (Å²) in [6, 6.07) is 2.86. The van der Waals surface area contributed by atoms with E-state index in [0.717, 1.165) is 16.5 Å². The molecule has 4 atom stereocenters. The number of nitrogens with two attached hydrogens (primary N) is 1. The minimum absolute atomic E-state index is 0.0608. The molecule has 0 saturated heterocycles. The Kier molecular flexibility index (Phi) is 9.97. The number of benzene rings is 1. The number of hydrogen-bond donors (Lipinski definition) is 7. The van der Waals surface area contributed by atoms with Gasteiger partial charge in [0.05, 0.1) is 6.04 Å². The molecule has 3 amide bonds. The summed E-state index contributed by atoms with van der Waals surface area (Å²) in [6.07, 6.45) is 1.34. The van der Waals surface area contributed by atoms with Gasteiger partial charge < -0.3 is 36.9 Å². The number of hydrogen-bond acceptors (Lipinski definition) is 6. The van der Waals surface area contributed by atoms with E-state index in [1.54, 1.807) is 20.0 Å². The van der Waals surface area contributed by atoms with Gasteiger partial charge in [0.2, 0.25) is 17.7 Å². The number of rotatable bonds is 13. The van der Waals surface area contributed by atoms with Crippen LogP contribution < -0.4 is 21.7 Å². The minimum atomic E-state index is -1.20. The monoisotopic (exact) mass is 503 g/mol. The number of aromatic amines is 1. The van der Waals surface area contributed by atoms with Gasteiger partial charge in [0.15, 0.2) is 0 Å². The first kappa shape index (κ1) is 28.3. The second kappa shape index (κ2) is 12.7. The average molecular weight is 504 g/mol. The maximum atomic E-state index is 13.1. The summed E-state index contributed by atoms with van der Waals surface area (Å²) in [5.74, 6) is -4.77. The number of carboxylic acids is 2. The number of carbonyl (C=O) groups is 5. The lowest BCUT2D eigenvalue weighted by Gasteiger charge is -2.24. The predicted octanol–water partition coefficient (Wildman–Crippen LogP) is 0.117. The molecule has 0 saturated carbocycles. The van der Waals surface area contributed by atoms with Crippen LogP contribution in [0.15, 0.2) is 30.5 Å². The van der Waals surface area contributed by atoms with Crippen LogP contribution in [-0.4, -0.2) is 69.0 Å². The lowest BCUT2D eigenvalue weighted by atomic mass is 10.0. The summed E-state index contributed by atoms with van der Waals surface area (Å²) in [7, 11) is 0. The first-order valence-corrected chi connectivity index (χ1v) is 11.6. The lowest BCUT2D eigenvalue weighted by Crippen LogP contribution is -2.57. The predicted molar refractivity (Wildman–Crippen MR) is 131 cm³/mol. The molecule has 0 radical (unpaired) electrons. The third-order valence-electron chi connectivity index (χ3n) is 5.72. The number of aliphatic carboxylic acids is 2. The lowest BCUT2D eigenvalue weighted by molar-refractivity contribution is -0.143. The van der Waals surface area contributed by atoms with Crippen molar-refractivity contribution in [3.8, 4) is 0 Å². The molecule has 12 heteroatoms. The highest BCUT2D eigenvalue weighted by molar-refractivity contribution is 5.94. The fourth-order valence-electron chi connectivity index (χ4n) is 3.59. The Morgan fingerprint density at radius 1 is 0.944 bits per heavy atom. The maximum Gasteiger partial charge on any atom is 0.326 e. The van der Waals surface area contributed by atoms with Gasteiger partial charge in [-0.25, -0.2) is 4.79 Å². The summed E-state index contributed by atoms with van der Waals surface area (Å²) in [4.78, 5) is 63.6. The van der Waals surface area contributed by atoms with Crippen LogP contribution in [-0.2, 0) is 30.4 Å². The Balaban J connectivity index is 2.18. The highest BCUT2D eigenvalue weighted by Gasteiger charge is 2.30. The van der Waals surface area contributed by atoms with E-state index in [2.05, 4.69) is 20.9 Å². The van der Waals surface area contributed by atoms with Crippen LogP contribution >= 0.6 is 0 Å². The van der Waals surface area contributed by atoms with Gasteiger partial charge in [0, 0.05) is 29.9 Å². The van der Waals surface area contributed by atoms with E-state index < -0.39 is 53.8 Å². The molecule has 1 aromatic carbocycles. The second-order valence-corrected chi connectivity index (χ2v) is 8.96. The second-order valence-electron chi connectivity index (χ2n) is 8.96. The highest BCUT2D eigenvalue weighted by Crippen LogP contribution is 2.19. The van der Waals surface area contributed by atoms with E-state index in [-0.39, 0.29) is 25.2 Å². The Morgan fingerprint density at radius 2 is 1.61 bits per heavy atom. The average Bonchev–Trinajstić information content (AvgIpc) is 3.22. The summed E-state index contributed by atoms with van der Waals surface area (Å²) < 4.78 is 0. The molecule has 0 fully saturated rings. The fraction of sp³-hybridized carbons (Fsp3) is 0.458. The molecule has 2 aromatic rings. The topological polar surface area (TPSA) is 204 Å². The Hall–Kier alpha value is -3.93. The molecule has 1 aromatic heterocycles. The van der Waals surface area contributed by atoms with Crippen molar-refractivity contribution in [1.82, 2.24) is 20.9 Å². The number of aromatic nitrogens is 1. The van der Waals surface area contributed by atoms with Crippen molar-refractivity contribution in [3.63, 3.8) is 0 Å². The number of fused-ring (bicyclic) bond motifs is 1. The first-order valence-electron chi connectivity index (χ1n) is 11.6. The van der Waals surface area contributed by atoms with Crippen LogP contribution in [0.5, 0.6) is 0 Å². The summed E-state index contributed by atoms with van der Waals surface area (Å²) in [5, 5.41) is 26.4. The highest BCUT2D eigenvalue weighted by atomic mass is 16.4. The van der Waals surface area contributed by atoms with Crippen LogP contribution in [0.1, 0.15) is 39.2 Å². The van der Waals surface area contributed by atoms with Gasteiger partial charge in [0.1, 0.15) is 18.1 Å². The number of carbonyl (C=O) groups excluding carboxylic acids is 3. The van der Waals surface area contributed by atoms with Crippen molar-refractivity contribution in [2.24, 2.45) is 11.7 Å². The summed E-state index contributed by atoms with van der Waals surface area (Å²) in [6.45, 7) is 4.68. The van der Waals surface area contributed by atoms with E-state index in [1.807, 2.05) is 24.3 Å². The van der Waals surface area contributed by atoms with Gasteiger partial charge in [-0.2, -0.15) is 0 Å². The smallest absolute Gasteiger partial charge is 0.326 e. The standard InChI is InChI=1S/C24H33N5O7/c1-12(2)20(24(35)36)29-21(32)13(3)27-23(34)18(28-22(33)16(25)8-9-19(30)31)10-14-11-26-17-7-5-4-6-15(14)17/h4-7,11-13,16,18,20,26H,8-10,25H2,1-3H3,(H,27,34)(H,28,33)(H,29,32)(H,30,31)(H,35,36). The van der Waals surface area contributed by atoms with Gasteiger partial charge in [0.25, 0.3) is 0 Å². The molecule has 36 heavy (non-hydrogen) atoms. The van der Waals surface area contributed by atoms with Gasteiger partial charge >= 0.3 is 11.9 Å². The molecule has 196 valence electrons. The molecule has 0 aliphatic carbocycles. The van der Waals surface area contributed by atoms with Crippen molar-refractivity contribution in [2.45, 2.75) is 64.2 Å². The van der Waals surface area contributed by atoms with E-state index >= 15 is 0 Å². The van der Waals surface area contributed by atoms with Crippen LogP contribution in [0.4, 0.5) is 0 Å². The number of carboxylic acid groups (broad SMARTS) is 2. The van der Waals surface area contributed by atoms with E-state index in [1.165, 1.54) is 6.92 Å². The van der Waals surface area contributed by atoms with Crippen molar-refractivity contribution >= 4 is 40.6 Å². The number of H-pyrrole nitrogens is 1. The van der Waals surface area contributed by atoms with E-state index in [9.17, 15) is 29.1 Å². The van der Waals surface area contributed by atoms with E-state index in [0.29, 0.717) is 0 Å². The van der Waals surface area contributed by atoms with Gasteiger partial charge in [-0.05, 0) is 30.9 Å². The third-order valence-corrected chi connectivity index (χ3v) is 5.72. The molecule has 1 heterocycles. The third kappa shape index (κ3) is 7.80. The zero-order chi connectivity index (χ0) is 27.0. The molecule has 0 spiro atoms. The van der Waals surface area contributed by atoms with Gasteiger partial charge in [-0.3, -0.25) is 19.2 Å². The minimum Gasteiger partial charge on any atom is -0.481 e. The Labute approximate surface area is 208 Å². The van der Waals surface area contributed by atoms with Crippen LogP contribution in [0.2, 0.25) is 0 Å². The van der Waals surface area contributed by atoms with Gasteiger partial charge in [-0.15, -0.1) is 0 Å². The number of nitrogens with one attached hydrogen (secondary N) is 4. The molecule has 0 aliphatic rings. The SMILES string of the molecule is CC(NC(=O)C(Cc1c[nH]c2ccccc12)NC(=O)C(N)CCC(=O)O)C(=O)NC(C(=O)O)C(C)C. The van der Waals surface area contributed by atoms with E-state index in [4.69, 9.17) is 10.8 Å². The Morgan fingerprint density at radius 3 is 2.22 bits per heavy atom. The van der Waals surface area contributed by atoms with Gasteiger partial charge in [-0.1, -0.05) is 32.0 Å². The summed E-state index contributed by atoms with van der Waals surface area (Å²) in [5.41, 5.74) is 7.37. The fourth-order valence-corrected chi connectivity index (χ4v) is 3.59. The zero-order valence-corrected chi connectivity index (χ0v) is 20.4. The Bertz CT molecular complexity index is 1110. The molecule has 2 rings (SSSR count). The van der Waals surface area contributed by atoms with Crippen LogP contribution in [0, 0.1) is 5.92 Å². The maximum absolute atomic E-state index is 13.1. The molecule has 4 unspecified atom stereocenters. The molecular weight excluding hydrogens is 470 g/mol. The van der Waals surface area contributed by atoms with Crippen LogP contribution in [0.3, 0.4) is 0 Å². The number of amides is 3. The number of para-hydroxylation sites is 1. The molecule has 0 aliphatic heterocycles. The van der Waals surface area contributed by atoms with Crippen molar-refractivity contribution in [2.75, 3.05) is 0 Å². The quantitative estimate of drug-likeness (QED) is 0.199. The molecule has 8 N–H and O–H groups in total.